The van der Waals surface area contributed by atoms with Gasteiger partial charge in [0.1, 0.15) is 0 Å². The number of tetrazole rings is 1. The van der Waals surface area contributed by atoms with E-state index in [2.05, 4.69) is 35.4 Å². The SMILES string of the molecule is CC(C)c1nnnn1Cc1ccc(C#N)cc1. The molecule has 0 radical (unpaired) electrons. The molecule has 0 aliphatic rings. The van der Waals surface area contributed by atoms with Gasteiger partial charge in [0.2, 0.25) is 0 Å². The predicted octanol–water partition coefficient (Wildman–Crippen LogP) is 1.72. The minimum atomic E-state index is 0.295. The van der Waals surface area contributed by atoms with Crippen LogP contribution in [0.5, 0.6) is 0 Å². The first-order chi connectivity index (χ1) is 8.20. The van der Waals surface area contributed by atoms with E-state index in [1.54, 1.807) is 16.8 Å². The first-order valence-corrected chi connectivity index (χ1v) is 5.46. The zero-order chi connectivity index (χ0) is 12.3. The van der Waals surface area contributed by atoms with Gasteiger partial charge >= 0.3 is 0 Å². The zero-order valence-corrected chi connectivity index (χ0v) is 9.83. The second kappa shape index (κ2) is 4.74. The van der Waals surface area contributed by atoms with Gasteiger partial charge in [-0.05, 0) is 28.1 Å². The predicted molar refractivity (Wildman–Crippen MR) is 62.2 cm³/mol. The number of rotatable bonds is 3. The van der Waals surface area contributed by atoms with Crippen LogP contribution < -0.4 is 0 Å². The highest BCUT2D eigenvalue weighted by Gasteiger charge is 2.10. The van der Waals surface area contributed by atoms with Crippen LogP contribution in [0.4, 0.5) is 0 Å². The maximum absolute atomic E-state index is 8.71. The van der Waals surface area contributed by atoms with E-state index in [0.29, 0.717) is 18.0 Å². The molecular weight excluding hydrogens is 214 g/mol. The molecule has 0 atom stereocenters. The van der Waals surface area contributed by atoms with Crippen molar-refractivity contribution in [2.45, 2.75) is 26.3 Å². The monoisotopic (exact) mass is 227 g/mol. The van der Waals surface area contributed by atoms with Gasteiger partial charge in [0.15, 0.2) is 5.82 Å². The van der Waals surface area contributed by atoms with Crippen molar-refractivity contribution in [2.75, 3.05) is 0 Å². The summed E-state index contributed by atoms with van der Waals surface area (Å²) in [6, 6.07) is 9.54. The van der Waals surface area contributed by atoms with Crippen LogP contribution in [0.15, 0.2) is 24.3 Å². The quantitative estimate of drug-likeness (QED) is 0.800. The summed E-state index contributed by atoms with van der Waals surface area (Å²) in [5, 5.41) is 20.4. The fourth-order valence-corrected chi connectivity index (χ4v) is 1.60. The summed E-state index contributed by atoms with van der Waals surface area (Å²) in [7, 11) is 0. The lowest BCUT2D eigenvalue weighted by atomic mass is 10.1. The maximum atomic E-state index is 8.71. The van der Waals surface area contributed by atoms with Crippen LogP contribution in [0.2, 0.25) is 0 Å². The third-order valence-corrected chi connectivity index (χ3v) is 2.49. The Morgan fingerprint density at radius 3 is 2.59 bits per heavy atom. The molecular formula is C12H13N5. The molecule has 0 unspecified atom stereocenters. The van der Waals surface area contributed by atoms with Crippen LogP contribution in [-0.2, 0) is 6.54 Å². The fraction of sp³-hybridized carbons (Fsp3) is 0.333. The van der Waals surface area contributed by atoms with E-state index in [1.807, 2.05) is 12.1 Å². The van der Waals surface area contributed by atoms with E-state index >= 15 is 0 Å². The summed E-state index contributed by atoms with van der Waals surface area (Å²) < 4.78 is 1.78. The molecule has 86 valence electrons. The maximum Gasteiger partial charge on any atom is 0.154 e. The third-order valence-electron chi connectivity index (χ3n) is 2.49. The average molecular weight is 227 g/mol. The number of hydrogen-bond acceptors (Lipinski definition) is 4. The van der Waals surface area contributed by atoms with E-state index in [9.17, 15) is 0 Å². The van der Waals surface area contributed by atoms with Gasteiger partial charge in [-0.25, -0.2) is 4.68 Å². The first-order valence-electron chi connectivity index (χ1n) is 5.46. The first kappa shape index (κ1) is 11.3. The van der Waals surface area contributed by atoms with Gasteiger partial charge < -0.3 is 0 Å². The lowest BCUT2D eigenvalue weighted by molar-refractivity contribution is 0.596. The van der Waals surface area contributed by atoms with Gasteiger partial charge in [0.25, 0.3) is 0 Å². The van der Waals surface area contributed by atoms with Crippen molar-refractivity contribution in [2.24, 2.45) is 0 Å². The Morgan fingerprint density at radius 1 is 1.29 bits per heavy atom. The Balaban J connectivity index is 2.20. The Morgan fingerprint density at radius 2 is 2.00 bits per heavy atom. The molecule has 0 N–H and O–H groups in total. The second-order valence-electron chi connectivity index (χ2n) is 4.16. The van der Waals surface area contributed by atoms with E-state index < -0.39 is 0 Å². The van der Waals surface area contributed by atoms with Gasteiger partial charge in [-0.3, -0.25) is 0 Å². The van der Waals surface area contributed by atoms with E-state index in [4.69, 9.17) is 5.26 Å². The Kier molecular flexibility index (Phi) is 3.15. The average Bonchev–Trinajstić information content (AvgIpc) is 2.78. The molecule has 0 amide bonds. The Bertz CT molecular complexity index is 533. The third kappa shape index (κ3) is 2.48. The van der Waals surface area contributed by atoms with E-state index in [1.165, 1.54) is 0 Å². The van der Waals surface area contributed by atoms with Gasteiger partial charge in [0.05, 0.1) is 18.2 Å². The van der Waals surface area contributed by atoms with Crippen LogP contribution in [0.1, 0.15) is 36.7 Å². The van der Waals surface area contributed by atoms with Crippen LogP contribution in [0, 0.1) is 11.3 Å². The molecule has 5 nitrogen and oxygen atoms in total. The molecule has 1 aromatic carbocycles. The van der Waals surface area contributed by atoms with Crippen LogP contribution in [0.25, 0.3) is 0 Å². The summed E-state index contributed by atoms with van der Waals surface area (Å²) in [6.07, 6.45) is 0. The normalized spacial score (nSPS) is 10.5. The Labute approximate surface area is 99.7 Å². The van der Waals surface area contributed by atoms with Crippen molar-refractivity contribution in [1.82, 2.24) is 20.2 Å². The summed E-state index contributed by atoms with van der Waals surface area (Å²) in [4.78, 5) is 0. The molecule has 0 aliphatic carbocycles. The summed E-state index contributed by atoms with van der Waals surface area (Å²) >= 11 is 0. The molecule has 0 spiro atoms. The van der Waals surface area contributed by atoms with Gasteiger partial charge in [-0.2, -0.15) is 5.26 Å². The molecule has 17 heavy (non-hydrogen) atoms. The molecule has 5 heteroatoms. The molecule has 2 rings (SSSR count). The van der Waals surface area contributed by atoms with Gasteiger partial charge in [-0.1, -0.05) is 26.0 Å². The van der Waals surface area contributed by atoms with Crippen molar-refractivity contribution in [3.05, 3.63) is 41.2 Å². The smallest absolute Gasteiger partial charge is 0.154 e. The second-order valence-corrected chi connectivity index (χ2v) is 4.16. The number of nitriles is 1. The van der Waals surface area contributed by atoms with E-state index in [-0.39, 0.29) is 0 Å². The summed E-state index contributed by atoms with van der Waals surface area (Å²) in [5.74, 6) is 1.16. The van der Waals surface area contributed by atoms with Crippen molar-refractivity contribution in [3.63, 3.8) is 0 Å². The van der Waals surface area contributed by atoms with Crippen molar-refractivity contribution in [1.29, 1.82) is 5.26 Å². The van der Waals surface area contributed by atoms with Crippen molar-refractivity contribution in [3.8, 4) is 6.07 Å². The highest BCUT2D eigenvalue weighted by atomic mass is 15.5. The van der Waals surface area contributed by atoms with E-state index in [0.717, 1.165) is 11.4 Å². The lowest BCUT2D eigenvalue weighted by Gasteiger charge is -2.06. The molecule has 0 saturated carbocycles. The topological polar surface area (TPSA) is 67.4 Å². The molecule has 1 heterocycles. The highest BCUT2D eigenvalue weighted by Crippen LogP contribution is 2.11. The molecule has 1 aromatic heterocycles. The fourth-order valence-electron chi connectivity index (χ4n) is 1.60. The van der Waals surface area contributed by atoms with Crippen molar-refractivity contribution >= 4 is 0 Å². The van der Waals surface area contributed by atoms with Crippen LogP contribution in [0.3, 0.4) is 0 Å². The number of hydrogen-bond donors (Lipinski definition) is 0. The standard InChI is InChI=1S/C12H13N5/c1-9(2)12-14-15-16-17(12)8-11-5-3-10(7-13)4-6-11/h3-6,9H,8H2,1-2H3. The van der Waals surface area contributed by atoms with Crippen molar-refractivity contribution < 1.29 is 0 Å². The molecule has 0 bridgehead atoms. The minimum Gasteiger partial charge on any atom is -0.225 e. The van der Waals surface area contributed by atoms with Gasteiger partial charge in [-0.15, -0.1) is 5.10 Å². The summed E-state index contributed by atoms with van der Waals surface area (Å²) in [6.45, 7) is 4.74. The van der Waals surface area contributed by atoms with Crippen LogP contribution in [-0.4, -0.2) is 20.2 Å². The minimum absolute atomic E-state index is 0.295. The summed E-state index contributed by atoms with van der Waals surface area (Å²) in [5.41, 5.74) is 1.74. The lowest BCUT2D eigenvalue weighted by Crippen LogP contribution is -2.08. The Hall–Kier alpha value is -2.22. The number of nitrogens with zero attached hydrogens (tertiary/aromatic N) is 5. The van der Waals surface area contributed by atoms with Crippen LogP contribution >= 0.6 is 0 Å². The number of aromatic nitrogens is 4. The van der Waals surface area contributed by atoms with Gasteiger partial charge in [0, 0.05) is 5.92 Å². The highest BCUT2D eigenvalue weighted by molar-refractivity contribution is 5.31. The molecule has 0 fully saturated rings. The largest absolute Gasteiger partial charge is 0.225 e. The zero-order valence-electron chi connectivity index (χ0n) is 9.83. The number of benzene rings is 1. The molecule has 2 aromatic rings. The molecule has 0 aliphatic heterocycles. The molecule has 0 saturated heterocycles.